The molecule has 20 heavy (non-hydrogen) atoms. The molecule has 2 N–H and O–H groups in total. The first-order chi connectivity index (χ1) is 9.65. The molecule has 1 aromatic heterocycles. The number of aromatic hydroxyl groups is 1. The van der Waals surface area contributed by atoms with Crippen molar-refractivity contribution >= 4 is 22.5 Å². The largest absolute Gasteiger partial charge is 0.508 e. The Morgan fingerprint density at radius 2 is 1.90 bits per heavy atom. The van der Waals surface area contributed by atoms with Crippen molar-refractivity contribution in [3.8, 4) is 5.75 Å². The molecule has 0 aliphatic carbocycles. The van der Waals surface area contributed by atoms with Crippen molar-refractivity contribution in [1.82, 2.24) is 9.97 Å². The van der Waals surface area contributed by atoms with E-state index in [9.17, 15) is 9.90 Å². The van der Waals surface area contributed by atoms with Crippen LogP contribution < -0.4 is 10.5 Å². The van der Waals surface area contributed by atoms with Gasteiger partial charge in [0.15, 0.2) is 0 Å². The highest BCUT2D eigenvalue weighted by molar-refractivity contribution is 5.80. The van der Waals surface area contributed by atoms with E-state index in [-0.39, 0.29) is 11.3 Å². The predicted molar refractivity (Wildman–Crippen MR) is 78.5 cm³/mol. The number of nitrogens with zero attached hydrogens (tertiary/aromatic N) is 2. The summed E-state index contributed by atoms with van der Waals surface area (Å²) in [4.78, 5) is 21.0. The molecule has 0 atom stereocenters. The van der Waals surface area contributed by atoms with Crippen molar-refractivity contribution in [2.45, 2.75) is 0 Å². The van der Waals surface area contributed by atoms with Crippen LogP contribution in [0.25, 0.3) is 10.9 Å². The Kier molecular flexibility index (Phi) is 2.87. The average molecular weight is 267 g/mol. The summed E-state index contributed by atoms with van der Waals surface area (Å²) < 4.78 is 0. The zero-order valence-corrected chi connectivity index (χ0v) is 10.9. The van der Waals surface area contributed by atoms with Crippen LogP contribution in [0.3, 0.4) is 0 Å². The molecular formula is C15H13N3O2. The standard InChI is InChI=1S/C15H13N3O2/c1-18(10-5-3-2-4-6-10)15-16-13-8-7-11(19)9-12(13)14(20)17-15/h2-9,19H,1H3,(H,16,17,20). The van der Waals surface area contributed by atoms with Gasteiger partial charge in [0.1, 0.15) is 5.75 Å². The molecule has 0 radical (unpaired) electrons. The summed E-state index contributed by atoms with van der Waals surface area (Å²) in [6.45, 7) is 0. The minimum absolute atomic E-state index is 0.0500. The highest BCUT2D eigenvalue weighted by Gasteiger charge is 2.09. The number of hydrogen-bond donors (Lipinski definition) is 2. The van der Waals surface area contributed by atoms with Crippen LogP contribution in [0, 0.1) is 0 Å². The van der Waals surface area contributed by atoms with Crippen molar-refractivity contribution < 1.29 is 5.11 Å². The fraction of sp³-hybridized carbons (Fsp3) is 0.0667. The van der Waals surface area contributed by atoms with Crippen molar-refractivity contribution in [2.24, 2.45) is 0 Å². The van der Waals surface area contributed by atoms with Crippen molar-refractivity contribution in [3.63, 3.8) is 0 Å². The van der Waals surface area contributed by atoms with Crippen LogP contribution in [0.1, 0.15) is 0 Å². The maximum absolute atomic E-state index is 12.1. The first-order valence-electron chi connectivity index (χ1n) is 6.17. The topological polar surface area (TPSA) is 69.2 Å². The maximum Gasteiger partial charge on any atom is 0.260 e. The van der Waals surface area contributed by atoms with Gasteiger partial charge >= 0.3 is 0 Å². The summed E-state index contributed by atoms with van der Waals surface area (Å²) in [5.41, 5.74) is 1.20. The minimum atomic E-state index is -0.274. The Morgan fingerprint density at radius 3 is 2.65 bits per heavy atom. The summed E-state index contributed by atoms with van der Waals surface area (Å²) in [6, 6.07) is 14.2. The van der Waals surface area contributed by atoms with E-state index in [0.717, 1.165) is 5.69 Å². The number of hydrogen-bond acceptors (Lipinski definition) is 4. The molecule has 5 heteroatoms. The van der Waals surface area contributed by atoms with Gasteiger partial charge in [-0.05, 0) is 30.3 Å². The number of anilines is 2. The quantitative estimate of drug-likeness (QED) is 0.748. The molecule has 0 amide bonds. The third-order valence-corrected chi connectivity index (χ3v) is 3.14. The SMILES string of the molecule is CN(c1ccccc1)c1nc2ccc(O)cc2c(=O)[nH]1. The van der Waals surface area contributed by atoms with Gasteiger partial charge in [-0.3, -0.25) is 9.78 Å². The number of benzene rings is 2. The monoisotopic (exact) mass is 267 g/mol. The Hall–Kier alpha value is -2.82. The number of H-pyrrole nitrogens is 1. The molecule has 3 aromatic rings. The molecule has 0 saturated carbocycles. The summed E-state index contributed by atoms with van der Waals surface area (Å²) >= 11 is 0. The number of phenols is 1. The average Bonchev–Trinajstić information content (AvgIpc) is 2.48. The highest BCUT2D eigenvalue weighted by atomic mass is 16.3. The molecule has 0 spiro atoms. The number of nitrogens with one attached hydrogen (secondary N) is 1. The van der Waals surface area contributed by atoms with Gasteiger partial charge in [0.2, 0.25) is 5.95 Å². The van der Waals surface area contributed by atoms with Gasteiger partial charge in [-0.1, -0.05) is 18.2 Å². The molecule has 100 valence electrons. The lowest BCUT2D eigenvalue weighted by molar-refractivity contribution is 0.476. The van der Waals surface area contributed by atoms with Crippen LogP contribution in [-0.4, -0.2) is 22.1 Å². The third-order valence-electron chi connectivity index (χ3n) is 3.14. The molecule has 0 aliphatic rings. The second-order valence-corrected chi connectivity index (χ2v) is 4.49. The van der Waals surface area contributed by atoms with Crippen LogP contribution in [0.2, 0.25) is 0 Å². The fourth-order valence-corrected chi connectivity index (χ4v) is 2.05. The highest BCUT2D eigenvalue weighted by Crippen LogP contribution is 2.21. The van der Waals surface area contributed by atoms with E-state index in [4.69, 9.17) is 0 Å². The van der Waals surface area contributed by atoms with Crippen LogP contribution in [0.4, 0.5) is 11.6 Å². The van der Waals surface area contributed by atoms with E-state index >= 15 is 0 Å². The van der Waals surface area contributed by atoms with Crippen LogP contribution in [0.5, 0.6) is 5.75 Å². The number of fused-ring (bicyclic) bond motifs is 1. The number of aromatic amines is 1. The van der Waals surface area contributed by atoms with E-state index in [1.807, 2.05) is 37.4 Å². The fourth-order valence-electron chi connectivity index (χ4n) is 2.05. The summed E-state index contributed by atoms with van der Waals surface area (Å²) in [5, 5.41) is 9.79. The zero-order chi connectivity index (χ0) is 14.1. The Labute approximate surface area is 115 Å². The molecule has 2 aromatic carbocycles. The number of rotatable bonds is 2. The lowest BCUT2D eigenvalue weighted by Crippen LogP contribution is -2.18. The number of aromatic nitrogens is 2. The van der Waals surface area contributed by atoms with Gasteiger partial charge in [-0.15, -0.1) is 0 Å². The smallest absolute Gasteiger partial charge is 0.260 e. The van der Waals surface area contributed by atoms with Crippen LogP contribution >= 0.6 is 0 Å². The van der Waals surface area contributed by atoms with E-state index in [1.54, 1.807) is 11.0 Å². The maximum atomic E-state index is 12.1. The normalized spacial score (nSPS) is 10.7. The van der Waals surface area contributed by atoms with Crippen molar-refractivity contribution in [2.75, 3.05) is 11.9 Å². The van der Waals surface area contributed by atoms with Gasteiger partial charge in [-0.2, -0.15) is 0 Å². The van der Waals surface area contributed by atoms with E-state index in [0.29, 0.717) is 16.9 Å². The van der Waals surface area contributed by atoms with E-state index in [2.05, 4.69) is 9.97 Å². The van der Waals surface area contributed by atoms with Gasteiger partial charge in [-0.25, -0.2) is 4.98 Å². The van der Waals surface area contributed by atoms with Gasteiger partial charge in [0.05, 0.1) is 10.9 Å². The number of phenolic OH excluding ortho intramolecular Hbond substituents is 1. The molecule has 0 fully saturated rings. The molecule has 0 bridgehead atoms. The molecule has 5 nitrogen and oxygen atoms in total. The predicted octanol–water partition coefficient (Wildman–Crippen LogP) is 2.40. The Balaban J connectivity index is 2.14. The van der Waals surface area contributed by atoms with Crippen molar-refractivity contribution in [1.29, 1.82) is 0 Å². The lowest BCUT2D eigenvalue weighted by Gasteiger charge is -2.17. The number of para-hydroxylation sites is 1. The Morgan fingerprint density at radius 1 is 1.15 bits per heavy atom. The minimum Gasteiger partial charge on any atom is -0.508 e. The second-order valence-electron chi connectivity index (χ2n) is 4.49. The van der Waals surface area contributed by atoms with Gasteiger partial charge < -0.3 is 10.0 Å². The molecule has 0 unspecified atom stereocenters. The van der Waals surface area contributed by atoms with Crippen molar-refractivity contribution in [3.05, 3.63) is 58.9 Å². The van der Waals surface area contributed by atoms with Gasteiger partial charge in [0.25, 0.3) is 5.56 Å². The zero-order valence-electron chi connectivity index (χ0n) is 10.9. The molecular weight excluding hydrogens is 254 g/mol. The van der Waals surface area contributed by atoms with E-state index < -0.39 is 0 Å². The summed E-state index contributed by atoms with van der Waals surface area (Å²) in [7, 11) is 1.83. The molecule has 3 rings (SSSR count). The second kappa shape index (κ2) is 4.70. The van der Waals surface area contributed by atoms with Crippen LogP contribution in [0.15, 0.2) is 53.3 Å². The van der Waals surface area contributed by atoms with Crippen LogP contribution in [-0.2, 0) is 0 Å². The molecule has 1 heterocycles. The summed E-state index contributed by atoms with van der Waals surface area (Å²) in [5.74, 6) is 0.508. The Bertz CT molecular complexity index is 812. The molecule has 0 saturated heterocycles. The first kappa shape index (κ1) is 12.2. The van der Waals surface area contributed by atoms with Gasteiger partial charge in [0, 0.05) is 12.7 Å². The first-order valence-corrected chi connectivity index (χ1v) is 6.17. The summed E-state index contributed by atoms with van der Waals surface area (Å²) in [6.07, 6.45) is 0. The van der Waals surface area contributed by atoms with E-state index in [1.165, 1.54) is 12.1 Å². The molecule has 0 aliphatic heterocycles. The lowest BCUT2D eigenvalue weighted by atomic mass is 10.2. The third kappa shape index (κ3) is 2.09.